The Hall–Kier alpha value is -4.47. The first-order valence-corrected chi connectivity index (χ1v) is 12.7. The summed E-state index contributed by atoms with van der Waals surface area (Å²) in [7, 11) is 0. The standard InChI is InChI=1S/C29H20Cl2F2N4O3/c30-19-8-9-20(32)17(26(19)33)7-11-24(39)35-22(12-15-4-2-1-3-5-15)29-36-27(28(31)37-29)16-6-10-21-18(13-16)23(38)14-25(40)34-21/h1-11,13-14,22H,12H2,(H,35,39)(H,36,37)(H2,34,38,40)/t22-/m0/s1. The van der Waals surface area contributed by atoms with E-state index in [2.05, 4.69) is 20.3 Å². The summed E-state index contributed by atoms with van der Waals surface area (Å²) in [5.74, 6) is -2.33. The fraction of sp³-hybridized carbons (Fsp3) is 0.0690. The average Bonchev–Trinajstić information content (AvgIpc) is 3.32. The van der Waals surface area contributed by atoms with Crippen molar-refractivity contribution in [3.8, 4) is 17.0 Å². The van der Waals surface area contributed by atoms with Crippen LogP contribution in [0.4, 0.5) is 8.78 Å². The molecule has 202 valence electrons. The minimum absolute atomic E-state index is 0.184. The van der Waals surface area contributed by atoms with E-state index in [-0.39, 0.29) is 15.9 Å². The van der Waals surface area contributed by atoms with E-state index >= 15 is 0 Å². The molecule has 2 aromatic heterocycles. The molecule has 0 aliphatic rings. The summed E-state index contributed by atoms with van der Waals surface area (Å²) in [6.45, 7) is 0. The average molecular weight is 581 g/mol. The predicted octanol–water partition coefficient (Wildman–Crippen LogP) is 6.32. The van der Waals surface area contributed by atoms with Gasteiger partial charge in [0.1, 0.15) is 28.2 Å². The molecule has 1 amide bonds. The smallest absolute Gasteiger partial charge is 0.252 e. The van der Waals surface area contributed by atoms with Crippen LogP contribution in [0.5, 0.6) is 5.75 Å². The first kappa shape index (κ1) is 27.1. The zero-order valence-corrected chi connectivity index (χ0v) is 22.0. The van der Waals surface area contributed by atoms with Crippen molar-refractivity contribution in [3.63, 3.8) is 0 Å². The van der Waals surface area contributed by atoms with Crippen LogP contribution in [-0.2, 0) is 11.2 Å². The SMILES string of the molecule is O=C(C=Cc1c(F)ccc(Cl)c1F)N[C@@H](Cc1ccccc1)c1nc(-c2ccc3[nH]c(=O)cc(O)c3c2)c(Cl)[nH]1. The van der Waals surface area contributed by atoms with Crippen LogP contribution in [0.2, 0.25) is 10.2 Å². The number of aromatic hydroxyl groups is 1. The second kappa shape index (κ2) is 11.3. The quantitative estimate of drug-likeness (QED) is 0.133. The number of fused-ring (bicyclic) bond motifs is 1. The van der Waals surface area contributed by atoms with Gasteiger partial charge in [-0.05, 0) is 42.3 Å². The third kappa shape index (κ3) is 5.75. The first-order valence-electron chi connectivity index (χ1n) is 12.0. The normalized spacial score (nSPS) is 12.2. The van der Waals surface area contributed by atoms with E-state index in [4.69, 9.17) is 23.2 Å². The van der Waals surface area contributed by atoms with Crippen molar-refractivity contribution in [2.45, 2.75) is 12.5 Å². The van der Waals surface area contributed by atoms with Crippen molar-refractivity contribution in [2.75, 3.05) is 0 Å². The molecule has 5 aromatic rings. The summed E-state index contributed by atoms with van der Waals surface area (Å²) in [5, 5.41) is 13.4. The summed E-state index contributed by atoms with van der Waals surface area (Å²) >= 11 is 12.2. The van der Waals surface area contributed by atoms with Crippen LogP contribution in [0.1, 0.15) is 23.0 Å². The molecule has 0 saturated carbocycles. The van der Waals surface area contributed by atoms with E-state index in [1.165, 1.54) is 0 Å². The summed E-state index contributed by atoms with van der Waals surface area (Å²) in [4.78, 5) is 34.8. The molecule has 1 atom stereocenters. The number of rotatable bonds is 7. The Bertz CT molecular complexity index is 1820. The molecule has 0 spiro atoms. The molecular weight excluding hydrogens is 561 g/mol. The van der Waals surface area contributed by atoms with Crippen molar-refractivity contribution in [1.82, 2.24) is 20.3 Å². The fourth-order valence-corrected chi connectivity index (χ4v) is 4.66. The lowest BCUT2D eigenvalue weighted by molar-refractivity contribution is -0.117. The summed E-state index contributed by atoms with van der Waals surface area (Å²) in [5.41, 5.74) is 1.36. The van der Waals surface area contributed by atoms with Gasteiger partial charge in [0.15, 0.2) is 5.82 Å². The van der Waals surface area contributed by atoms with Gasteiger partial charge < -0.3 is 20.4 Å². The van der Waals surface area contributed by atoms with Crippen LogP contribution in [0.3, 0.4) is 0 Å². The number of nitrogens with zero attached hydrogens (tertiary/aromatic N) is 1. The number of pyridine rings is 1. The lowest BCUT2D eigenvalue weighted by atomic mass is 10.1. The lowest BCUT2D eigenvalue weighted by Crippen LogP contribution is -2.29. The number of hydrogen-bond acceptors (Lipinski definition) is 4. The Balaban J connectivity index is 1.47. The highest BCUT2D eigenvalue weighted by molar-refractivity contribution is 6.32. The molecule has 0 fully saturated rings. The number of hydrogen-bond donors (Lipinski definition) is 4. The topological polar surface area (TPSA) is 111 Å². The van der Waals surface area contributed by atoms with Gasteiger partial charge in [-0.25, -0.2) is 13.8 Å². The Morgan fingerprint density at radius 3 is 2.60 bits per heavy atom. The van der Waals surface area contributed by atoms with E-state index < -0.39 is 34.7 Å². The molecule has 40 heavy (non-hydrogen) atoms. The minimum atomic E-state index is -0.973. The molecule has 0 bridgehead atoms. The van der Waals surface area contributed by atoms with E-state index in [1.54, 1.807) is 18.2 Å². The molecule has 5 rings (SSSR count). The highest BCUT2D eigenvalue weighted by Gasteiger charge is 2.22. The molecule has 0 radical (unpaired) electrons. The molecule has 0 aliphatic carbocycles. The molecule has 0 unspecified atom stereocenters. The third-order valence-electron chi connectivity index (χ3n) is 6.18. The van der Waals surface area contributed by atoms with Crippen molar-refractivity contribution in [3.05, 3.63) is 122 Å². The largest absolute Gasteiger partial charge is 0.507 e. The van der Waals surface area contributed by atoms with Crippen molar-refractivity contribution in [2.24, 2.45) is 0 Å². The number of halogens is 4. The summed E-state index contributed by atoms with van der Waals surface area (Å²) in [6.07, 6.45) is 2.34. The number of imidazole rings is 1. The maximum absolute atomic E-state index is 14.3. The van der Waals surface area contributed by atoms with Gasteiger partial charge >= 0.3 is 0 Å². The second-order valence-corrected chi connectivity index (χ2v) is 9.69. The highest BCUT2D eigenvalue weighted by Crippen LogP contribution is 2.32. The molecule has 4 N–H and O–H groups in total. The van der Waals surface area contributed by atoms with Crippen LogP contribution in [0.15, 0.2) is 77.6 Å². The molecule has 7 nitrogen and oxygen atoms in total. The first-order chi connectivity index (χ1) is 19.2. The Labute approximate surface area is 236 Å². The Morgan fingerprint density at radius 1 is 1.05 bits per heavy atom. The van der Waals surface area contributed by atoms with Crippen LogP contribution >= 0.6 is 23.2 Å². The monoisotopic (exact) mass is 580 g/mol. The Kier molecular flexibility index (Phi) is 7.68. The fourth-order valence-electron chi connectivity index (χ4n) is 4.25. The van der Waals surface area contributed by atoms with E-state index in [1.807, 2.05) is 30.3 Å². The van der Waals surface area contributed by atoms with E-state index in [0.717, 1.165) is 35.9 Å². The van der Waals surface area contributed by atoms with Crippen LogP contribution in [-0.4, -0.2) is 26.0 Å². The van der Waals surface area contributed by atoms with Crippen LogP contribution in [0, 0.1) is 11.6 Å². The molecule has 0 saturated heterocycles. The Morgan fingerprint density at radius 2 is 1.82 bits per heavy atom. The maximum Gasteiger partial charge on any atom is 0.252 e. The zero-order chi connectivity index (χ0) is 28.4. The van der Waals surface area contributed by atoms with Gasteiger partial charge in [0.05, 0.1) is 16.6 Å². The molecule has 11 heteroatoms. The van der Waals surface area contributed by atoms with Gasteiger partial charge in [-0.3, -0.25) is 9.59 Å². The van der Waals surface area contributed by atoms with Crippen molar-refractivity contribution >= 4 is 46.1 Å². The number of nitrogens with one attached hydrogen (secondary N) is 3. The van der Waals surface area contributed by atoms with Gasteiger partial charge in [0, 0.05) is 28.7 Å². The van der Waals surface area contributed by atoms with Gasteiger partial charge in [0.25, 0.3) is 5.56 Å². The zero-order valence-electron chi connectivity index (χ0n) is 20.5. The highest BCUT2D eigenvalue weighted by atomic mass is 35.5. The molecular formula is C29H20Cl2F2N4O3. The number of benzene rings is 3. The third-order valence-corrected chi connectivity index (χ3v) is 6.75. The van der Waals surface area contributed by atoms with Gasteiger partial charge in [0.2, 0.25) is 5.91 Å². The van der Waals surface area contributed by atoms with Crippen molar-refractivity contribution < 1.29 is 18.7 Å². The van der Waals surface area contributed by atoms with Gasteiger partial charge in [-0.1, -0.05) is 59.6 Å². The van der Waals surface area contributed by atoms with Gasteiger partial charge in [-0.2, -0.15) is 0 Å². The predicted molar refractivity (Wildman–Crippen MR) is 150 cm³/mol. The number of aromatic amines is 2. The minimum Gasteiger partial charge on any atom is -0.507 e. The molecule has 3 aromatic carbocycles. The van der Waals surface area contributed by atoms with E-state index in [0.29, 0.717) is 34.4 Å². The maximum atomic E-state index is 14.3. The molecule has 0 aliphatic heterocycles. The molecule has 2 heterocycles. The number of carbonyl (C=O) groups excluding carboxylic acids is 1. The van der Waals surface area contributed by atoms with Crippen LogP contribution < -0.4 is 10.9 Å². The summed E-state index contributed by atoms with van der Waals surface area (Å²) < 4.78 is 28.4. The second-order valence-electron chi connectivity index (χ2n) is 8.90. The lowest BCUT2D eigenvalue weighted by Gasteiger charge is -2.16. The van der Waals surface area contributed by atoms with E-state index in [9.17, 15) is 23.5 Å². The number of aromatic nitrogens is 3. The van der Waals surface area contributed by atoms with Gasteiger partial charge in [-0.15, -0.1) is 0 Å². The number of amides is 1. The van der Waals surface area contributed by atoms with Crippen molar-refractivity contribution in [1.29, 1.82) is 0 Å². The number of carbonyl (C=O) groups is 1. The van der Waals surface area contributed by atoms with Crippen LogP contribution in [0.25, 0.3) is 28.2 Å². The number of H-pyrrole nitrogens is 2. The summed E-state index contributed by atoms with van der Waals surface area (Å²) in [6, 6.07) is 16.7.